The van der Waals surface area contributed by atoms with Gasteiger partial charge in [0.25, 0.3) is 5.91 Å². The summed E-state index contributed by atoms with van der Waals surface area (Å²) >= 11 is 0. The molecule has 3 aliphatic rings. The predicted molar refractivity (Wildman–Crippen MR) is 86.8 cm³/mol. The van der Waals surface area contributed by atoms with E-state index in [1.807, 2.05) is 30.3 Å². The number of para-hydroxylation sites is 1. The quantitative estimate of drug-likeness (QED) is 0.877. The zero-order valence-corrected chi connectivity index (χ0v) is 13.3. The highest BCUT2D eigenvalue weighted by atomic mass is 16.5. The number of fused-ring (bicyclic) bond motifs is 3. The summed E-state index contributed by atoms with van der Waals surface area (Å²) in [6, 6.07) is 9.99. The van der Waals surface area contributed by atoms with E-state index in [0.717, 1.165) is 24.1 Å². The van der Waals surface area contributed by atoms with Crippen LogP contribution in [0.3, 0.4) is 0 Å². The van der Waals surface area contributed by atoms with E-state index < -0.39 is 0 Å². The molecule has 1 amide bonds. The highest BCUT2D eigenvalue weighted by Gasteiger charge is 2.38. The molecule has 0 aromatic heterocycles. The first kappa shape index (κ1) is 15.3. The zero-order chi connectivity index (χ0) is 15.4. The smallest absolute Gasteiger partial charge is 0.257 e. The second-order valence-electron chi connectivity index (χ2n) is 6.51. The van der Waals surface area contributed by atoms with Gasteiger partial charge in [-0.15, -0.1) is 0 Å². The third-order valence-electron chi connectivity index (χ3n) is 5.19. The Morgan fingerprint density at radius 2 is 2.18 bits per heavy atom. The van der Waals surface area contributed by atoms with Crippen molar-refractivity contribution in [1.82, 2.24) is 10.2 Å². The number of amides is 1. The van der Waals surface area contributed by atoms with Crippen molar-refractivity contribution < 1.29 is 9.53 Å². The van der Waals surface area contributed by atoms with Gasteiger partial charge in [-0.05, 0) is 43.4 Å². The minimum Gasteiger partial charge on any atom is -0.484 e. The van der Waals surface area contributed by atoms with Crippen LogP contribution in [0.25, 0.3) is 0 Å². The molecule has 22 heavy (non-hydrogen) atoms. The van der Waals surface area contributed by atoms with Crippen molar-refractivity contribution in [2.24, 2.45) is 11.8 Å². The molecule has 2 bridgehead atoms. The summed E-state index contributed by atoms with van der Waals surface area (Å²) in [5.41, 5.74) is 0. The molecule has 4 rings (SSSR count). The molecule has 120 valence electrons. The van der Waals surface area contributed by atoms with Gasteiger partial charge in [0.1, 0.15) is 5.75 Å². The van der Waals surface area contributed by atoms with Crippen LogP contribution in [0.4, 0.5) is 0 Å². The highest BCUT2D eigenvalue weighted by molar-refractivity contribution is 5.77. The topological polar surface area (TPSA) is 41.6 Å². The molecular weight excluding hydrogens is 276 g/mol. The van der Waals surface area contributed by atoms with Crippen molar-refractivity contribution >= 4 is 5.91 Å². The fourth-order valence-electron chi connectivity index (χ4n) is 3.87. The molecule has 0 radical (unpaired) electrons. The van der Waals surface area contributed by atoms with Crippen LogP contribution in [0.1, 0.15) is 26.2 Å². The Hall–Kier alpha value is -1.55. The number of nitrogens with zero attached hydrogens (tertiary/aromatic N) is 1. The van der Waals surface area contributed by atoms with Crippen LogP contribution in [-0.4, -0.2) is 43.1 Å². The fraction of sp³-hybridized carbons (Fsp3) is 0.611. The minimum absolute atomic E-state index is 0.0291. The molecule has 1 unspecified atom stereocenters. The van der Waals surface area contributed by atoms with Crippen LogP contribution in [0.5, 0.6) is 5.75 Å². The fourth-order valence-corrected chi connectivity index (χ4v) is 3.87. The monoisotopic (exact) mass is 302 g/mol. The highest BCUT2D eigenvalue weighted by Crippen LogP contribution is 2.37. The lowest BCUT2D eigenvalue weighted by molar-refractivity contribution is -0.123. The van der Waals surface area contributed by atoms with Crippen molar-refractivity contribution in [2.75, 3.05) is 26.2 Å². The lowest BCUT2D eigenvalue weighted by Crippen LogP contribution is -2.56. The lowest BCUT2D eigenvalue weighted by Gasteiger charge is -2.50. The number of nitrogens with one attached hydrogen (secondary N) is 1. The molecule has 4 heteroatoms. The Kier molecular flexibility index (Phi) is 4.98. The van der Waals surface area contributed by atoms with Gasteiger partial charge in [-0.3, -0.25) is 9.69 Å². The molecule has 0 aliphatic carbocycles. The summed E-state index contributed by atoms with van der Waals surface area (Å²) in [4.78, 5) is 14.5. The second-order valence-corrected chi connectivity index (χ2v) is 6.51. The van der Waals surface area contributed by atoms with Crippen LogP contribution in [-0.2, 0) is 4.79 Å². The van der Waals surface area contributed by atoms with Gasteiger partial charge in [-0.2, -0.15) is 0 Å². The standard InChI is InChI=1S/C18H26N2O2/c1-2-14-12-20-9-8-15(14)10-16(20)11-19-18(21)13-22-17-6-4-3-5-7-17/h3-7,14-16H,2,8-13H2,1H3,(H,19,21)/t14-,15+,16-/m1/s1. The van der Waals surface area contributed by atoms with Crippen LogP contribution < -0.4 is 10.1 Å². The molecular formula is C18H26N2O2. The Balaban J connectivity index is 1.40. The number of ether oxygens (including phenoxy) is 1. The Bertz CT molecular complexity index is 491. The number of hydrogen-bond acceptors (Lipinski definition) is 3. The van der Waals surface area contributed by atoms with E-state index in [2.05, 4.69) is 17.1 Å². The molecule has 4 nitrogen and oxygen atoms in total. The van der Waals surface area contributed by atoms with Gasteiger partial charge in [0.05, 0.1) is 0 Å². The maximum atomic E-state index is 11.9. The second kappa shape index (κ2) is 7.14. The van der Waals surface area contributed by atoms with E-state index in [1.165, 1.54) is 32.4 Å². The van der Waals surface area contributed by atoms with Gasteiger partial charge in [0, 0.05) is 19.1 Å². The largest absolute Gasteiger partial charge is 0.484 e. The van der Waals surface area contributed by atoms with Gasteiger partial charge in [-0.1, -0.05) is 31.5 Å². The van der Waals surface area contributed by atoms with E-state index in [0.29, 0.717) is 6.04 Å². The molecule has 3 fully saturated rings. The number of benzene rings is 1. The third-order valence-corrected chi connectivity index (χ3v) is 5.19. The SMILES string of the molecule is CC[C@@H]1CN2CC[C@H]1C[C@@H]2CNC(=O)COc1ccccc1. The van der Waals surface area contributed by atoms with E-state index in [9.17, 15) is 4.79 Å². The van der Waals surface area contributed by atoms with Crippen LogP contribution in [0, 0.1) is 11.8 Å². The maximum absolute atomic E-state index is 11.9. The first-order valence-corrected chi connectivity index (χ1v) is 8.45. The zero-order valence-electron chi connectivity index (χ0n) is 13.3. The van der Waals surface area contributed by atoms with Crippen molar-refractivity contribution in [3.05, 3.63) is 30.3 Å². The lowest BCUT2D eigenvalue weighted by atomic mass is 9.74. The molecule has 1 N–H and O–H groups in total. The van der Waals surface area contributed by atoms with E-state index in [1.54, 1.807) is 0 Å². The Labute approximate surface area is 132 Å². The number of carbonyl (C=O) groups is 1. The summed E-state index contributed by atoms with van der Waals surface area (Å²) < 4.78 is 5.48. The van der Waals surface area contributed by atoms with Gasteiger partial charge < -0.3 is 10.1 Å². The first-order chi connectivity index (χ1) is 10.8. The number of rotatable bonds is 6. The van der Waals surface area contributed by atoms with Gasteiger partial charge in [0.15, 0.2) is 6.61 Å². The summed E-state index contributed by atoms with van der Waals surface area (Å²) in [6.45, 7) is 5.55. The number of piperidine rings is 3. The summed E-state index contributed by atoms with van der Waals surface area (Å²) in [7, 11) is 0. The van der Waals surface area contributed by atoms with E-state index in [4.69, 9.17) is 4.74 Å². The van der Waals surface area contributed by atoms with Gasteiger partial charge in [0.2, 0.25) is 0 Å². The molecule has 0 spiro atoms. The Morgan fingerprint density at radius 1 is 1.36 bits per heavy atom. The first-order valence-electron chi connectivity index (χ1n) is 8.45. The molecule has 1 aromatic carbocycles. The molecule has 1 aromatic rings. The summed E-state index contributed by atoms with van der Waals surface area (Å²) in [6.07, 6.45) is 3.85. The molecule has 4 atom stereocenters. The van der Waals surface area contributed by atoms with Crippen LogP contribution >= 0.6 is 0 Å². The number of carbonyl (C=O) groups excluding carboxylic acids is 1. The summed E-state index contributed by atoms with van der Waals surface area (Å²) in [5, 5.41) is 3.03. The molecule has 3 saturated heterocycles. The molecule has 3 heterocycles. The molecule has 3 aliphatic heterocycles. The van der Waals surface area contributed by atoms with Crippen LogP contribution in [0.15, 0.2) is 30.3 Å². The van der Waals surface area contributed by atoms with Crippen molar-refractivity contribution in [2.45, 2.75) is 32.2 Å². The average molecular weight is 302 g/mol. The maximum Gasteiger partial charge on any atom is 0.257 e. The Morgan fingerprint density at radius 3 is 2.86 bits per heavy atom. The van der Waals surface area contributed by atoms with Gasteiger partial charge >= 0.3 is 0 Å². The van der Waals surface area contributed by atoms with Crippen molar-refractivity contribution in [1.29, 1.82) is 0 Å². The van der Waals surface area contributed by atoms with Crippen molar-refractivity contribution in [3.63, 3.8) is 0 Å². The number of hydrogen-bond donors (Lipinski definition) is 1. The van der Waals surface area contributed by atoms with Crippen LogP contribution in [0.2, 0.25) is 0 Å². The summed E-state index contributed by atoms with van der Waals surface area (Å²) in [5.74, 6) is 2.43. The normalized spacial score (nSPS) is 30.0. The van der Waals surface area contributed by atoms with E-state index >= 15 is 0 Å². The van der Waals surface area contributed by atoms with Crippen molar-refractivity contribution in [3.8, 4) is 5.75 Å². The molecule has 0 saturated carbocycles. The third kappa shape index (κ3) is 3.61. The minimum atomic E-state index is -0.0291. The van der Waals surface area contributed by atoms with Gasteiger partial charge in [-0.25, -0.2) is 0 Å². The van der Waals surface area contributed by atoms with E-state index in [-0.39, 0.29) is 12.5 Å². The predicted octanol–water partition coefficient (Wildman–Crippen LogP) is 2.30. The average Bonchev–Trinajstić information content (AvgIpc) is 2.59.